The normalized spacial score (nSPS) is 35.9. The van der Waals surface area contributed by atoms with E-state index in [4.69, 9.17) is 18.6 Å². The smallest absolute Gasteiger partial charge is 0.307 e. The Labute approximate surface area is 182 Å². The SMILES string of the molecule is C=NNC(C1CCC(OS(N)(=O)=O)C(Br)C1)C1CCC(OS(N)(=O)=O)C(Br)C1. The molecule has 0 radical (unpaired) electrons. The minimum atomic E-state index is -4.01. The molecule has 10 nitrogen and oxygen atoms in total. The summed E-state index contributed by atoms with van der Waals surface area (Å²) in [5.41, 5.74) is 3.09. The lowest BCUT2D eigenvalue weighted by molar-refractivity contribution is 0.0887. The number of halogens is 2. The minimum Gasteiger partial charge on any atom is -0.307 e. The highest BCUT2D eigenvalue weighted by molar-refractivity contribution is 9.09. The molecule has 0 aromatic carbocycles. The van der Waals surface area contributed by atoms with Crippen molar-refractivity contribution >= 4 is 59.2 Å². The number of hydrogen-bond donors (Lipinski definition) is 3. The minimum absolute atomic E-state index is 0.00321. The zero-order valence-corrected chi connectivity index (χ0v) is 19.9. The molecule has 0 aromatic rings. The maximum absolute atomic E-state index is 11.2. The highest BCUT2D eigenvalue weighted by Gasteiger charge is 2.41. The van der Waals surface area contributed by atoms with Crippen molar-refractivity contribution in [2.45, 2.75) is 66.4 Å². The van der Waals surface area contributed by atoms with Gasteiger partial charge in [0.15, 0.2) is 0 Å². The molecule has 164 valence electrons. The summed E-state index contributed by atoms with van der Waals surface area (Å²) >= 11 is 7.03. The van der Waals surface area contributed by atoms with Gasteiger partial charge < -0.3 is 5.43 Å². The third-order valence-corrected chi connectivity index (χ3v) is 8.24. The van der Waals surface area contributed by atoms with E-state index in [9.17, 15) is 16.8 Å². The summed E-state index contributed by atoms with van der Waals surface area (Å²) in [5, 5.41) is 13.8. The molecule has 2 aliphatic rings. The van der Waals surface area contributed by atoms with E-state index in [2.05, 4.69) is 49.1 Å². The van der Waals surface area contributed by atoms with E-state index in [1.807, 2.05) is 0 Å². The van der Waals surface area contributed by atoms with Crippen LogP contribution in [-0.4, -0.2) is 51.5 Å². The van der Waals surface area contributed by atoms with Gasteiger partial charge >= 0.3 is 20.6 Å². The Bertz CT molecular complexity index is 695. The van der Waals surface area contributed by atoms with Crippen molar-refractivity contribution in [1.29, 1.82) is 0 Å². The second-order valence-electron chi connectivity index (χ2n) is 7.25. The largest absolute Gasteiger partial charge is 0.333 e. The molecule has 0 spiro atoms. The Morgan fingerprint density at radius 2 is 1.29 bits per heavy atom. The number of rotatable bonds is 8. The van der Waals surface area contributed by atoms with Gasteiger partial charge in [0.2, 0.25) is 0 Å². The first-order valence-corrected chi connectivity index (χ1v) is 13.6. The van der Waals surface area contributed by atoms with Gasteiger partial charge in [-0.2, -0.15) is 21.9 Å². The van der Waals surface area contributed by atoms with Crippen molar-refractivity contribution in [3.63, 3.8) is 0 Å². The van der Waals surface area contributed by atoms with Crippen LogP contribution in [0.3, 0.4) is 0 Å². The van der Waals surface area contributed by atoms with Crippen molar-refractivity contribution in [2.24, 2.45) is 27.2 Å². The second kappa shape index (κ2) is 9.98. The van der Waals surface area contributed by atoms with Gasteiger partial charge in [0.1, 0.15) is 0 Å². The number of alkyl halides is 2. The van der Waals surface area contributed by atoms with E-state index in [1.165, 1.54) is 0 Å². The van der Waals surface area contributed by atoms with Crippen molar-refractivity contribution in [3.8, 4) is 0 Å². The third kappa shape index (κ3) is 7.45. The van der Waals surface area contributed by atoms with E-state index in [0.29, 0.717) is 25.7 Å². The van der Waals surface area contributed by atoms with Gasteiger partial charge in [-0.25, -0.2) is 10.3 Å². The summed E-state index contributed by atoms with van der Waals surface area (Å²) in [6.45, 7) is 3.53. The van der Waals surface area contributed by atoms with Crippen LogP contribution in [0.25, 0.3) is 0 Å². The maximum atomic E-state index is 11.2. The van der Waals surface area contributed by atoms with Crippen LogP contribution in [0, 0.1) is 11.8 Å². The first kappa shape index (κ1) is 24.4. The van der Waals surface area contributed by atoms with Gasteiger partial charge in [-0.05, 0) is 50.4 Å². The fraction of sp³-hybridized carbons (Fsp3) is 0.929. The number of hydrogen-bond acceptors (Lipinski definition) is 8. The lowest BCUT2D eigenvalue weighted by Crippen LogP contribution is -2.48. The van der Waals surface area contributed by atoms with Gasteiger partial charge in [-0.1, -0.05) is 31.9 Å². The molecule has 2 saturated carbocycles. The van der Waals surface area contributed by atoms with Crippen LogP contribution in [0.1, 0.15) is 38.5 Å². The van der Waals surface area contributed by atoms with Gasteiger partial charge in [0.05, 0.1) is 12.2 Å². The summed E-state index contributed by atoms with van der Waals surface area (Å²) in [6.07, 6.45) is 2.87. The Balaban J connectivity index is 2.01. The van der Waals surface area contributed by atoms with E-state index >= 15 is 0 Å². The van der Waals surface area contributed by atoms with Gasteiger partial charge in [-0.3, -0.25) is 8.37 Å². The molecule has 0 amide bonds. The van der Waals surface area contributed by atoms with E-state index in [1.54, 1.807) is 0 Å². The summed E-state index contributed by atoms with van der Waals surface area (Å²) in [5.74, 6) is 0.409. The standard InChI is InChI=1S/C14H26Br2N4O6S2/c1-19-20-14(8-2-4-12(10(15)6-8)25-27(17,21)22)9-3-5-13(11(16)7-9)26-28(18,23)24/h8-14,20H,1-7H2,(H2,17,21,22)(H2,18,23,24). The van der Waals surface area contributed by atoms with E-state index < -0.39 is 32.8 Å². The number of hydrazone groups is 1. The predicted molar refractivity (Wildman–Crippen MR) is 113 cm³/mol. The first-order chi connectivity index (χ1) is 12.9. The summed E-state index contributed by atoms with van der Waals surface area (Å²) in [7, 11) is -8.01. The van der Waals surface area contributed by atoms with E-state index in [-0.39, 0.29) is 27.5 Å². The monoisotopic (exact) mass is 568 g/mol. The van der Waals surface area contributed by atoms with Crippen molar-refractivity contribution < 1.29 is 25.2 Å². The molecule has 0 heterocycles. The Hall–Kier alpha value is 0.170. The molecule has 14 heteroatoms. The Morgan fingerprint density at radius 1 is 0.893 bits per heavy atom. The molecule has 28 heavy (non-hydrogen) atoms. The molecule has 2 rings (SSSR count). The van der Waals surface area contributed by atoms with Crippen LogP contribution in [0.4, 0.5) is 0 Å². The van der Waals surface area contributed by atoms with Crippen molar-refractivity contribution in [1.82, 2.24) is 5.43 Å². The van der Waals surface area contributed by atoms with Crippen LogP contribution in [0.5, 0.6) is 0 Å². The van der Waals surface area contributed by atoms with Crippen LogP contribution in [0.15, 0.2) is 5.10 Å². The fourth-order valence-electron chi connectivity index (χ4n) is 4.15. The molecule has 5 N–H and O–H groups in total. The summed E-state index contributed by atoms with van der Waals surface area (Å²) < 4.78 is 54.7. The molecule has 6 atom stereocenters. The molecule has 0 aliphatic heterocycles. The summed E-state index contributed by atoms with van der Waals surface area (Å²) in [4.78, 5) is -0.332. The third-order valence-electron chi connectivity index (χ3n) is 5.28. The van der Waals surface area contributed by atoms with Gasteiger partial charge in [0.25, 0.3) is 0 Å². The molecule has 0 bridgehead atoms. The quantitative estimate of drug-likeness (QED) is 0.222. The summed E-state index contributed by atoms with van der Waals surface area (Å²) in [6, 6.07) is 0.00321. The average Bonchev–Trinajstić information content (AvgIpc) is 2.54. The van der Waals surface area contributed by atoms with Gasteiger partial charge in [-0.15, -0.1) is 0 Å². The van der Waals surface area contributed by atoms with Crippen LogP contribution in [-0.2, 0) is 29.0 Å². The fourth-order valence-corrected chi connectivity index (χ4v) is 7.29. The highest BCUT2D eigenvalue weighted by Crippen LogP contribution is 2.41. The lowest BCUT2D eigenvalue weighted by Gasteiger charge is -2.42. The second-order valence-corrected chi connectivity index (χ2v) is 12.0. The molecule has 0 aromatic heterocycles. The zero-order chi connectivity index (χ0) is 21.1. The Morgan fingerprint density at radius 3 is 1.57 bits per heavy atom. The molecule has 0 saturated heterocycles. The first-order valence-electron chi connectivity index (χ1n) is 8.81. The average molecular weight is 570 g/mol. The molecular formula is C14H26Br2N4O6S2. The zero-order valence-electron chi connectivity index (χ0n) is 15.1. The van der Waals surface area contributed by atoms with Crippen LogP contribution >= 0.6 is 31.9 Å². The lowest BCUT2D eigenvalue weighted by atomic mass is 9.73. The number of nitrogens with one attached hydrogen (secondary N) is 1. The predicted octanol–water partition coefficient (Wildman–Crippen LogP) is 0.865. The molecule has 2 fully saturated rings. The number of nitrogens with two attached hydrogens (primary N) is 2. The van der Waals surface area contributed by atoms with Crippen LogP contribution < -0.4 is 15.7 Å². The molecule has 6 unspecified atom stereocenters. The number of nitrogens with zero attached hydrogens (tertiary/aromatic N) is 1. The Kier molecular flexibility index (Phi) is 8.72. The van der Waals surface area contributed by atoms with Crippen molar-refractivity contribution in [2.75, 3.05) is 0 Å². The topological polar surface area (TPSA) is 163 Å². The highest BCUT2D eigenvalue weighted by atomic mass is 79.9. The van der Waals surface area contributed by atoms with Gasteiger partial charge in [0, 0.05) is 22.4 Å². The molecular weight excluding hydrogens is 544 g/mol. The van der Waals surface area contributed by atoms with Crippen molar-refractivity contribution in [3.05, 3.63) is 0 Å². The van der Waals surface area contributed by atoms with Crippen LogP contribution in [0.2, 0.25) is 0 Å². The van der Waals surface area contributed by atoms with E-state index in [0.717, 1.165) is 12.8 Å². The maximum Gasteiger partial charge on any atom is 0.333 e. The molecule has 2 aliphatic carbocycles.